The fourth-order valence-electron chi connectivity index (χ4n) is 1.46. The summed E-state index contributed by atoms with van der Waals surface area (Å²) in [6.45, 7) is 1.80. The molecule has 0 saturated heterocycles. The number of nitrogen functional groups attached to an aromatic ring is 1. The molecule has 1 heterocycles. The van der Waals surface area contributed by atoms with Gasteiger partial charge in [-0.25, -0.2) is 0 Å². The van der Waals surface area contributed by atoms with Gasteiger partial charge in [-0.05, 0) is 19.1 Å². The highest BCUT2D eigenvalue weighted by Gasteiger charge is 2.18. The highest BCUT2D eigenvalue weighted by molar-refractivity contribution is 8.02. The van der Waals surface area contributed by atoms with Crippen LogP contribution in [0.4, 0.5) is 10.8 Å². The number of methoxy groups -OCH3 is 1. The third-order valence-corrected chi connectivity index (χ3v) is 4.37. The summed E-state index contributed by atoms with van der Waals surface area (Å²) in [4.78, 5) is 12.1. The van der Waals surface area contributed by atoms with Crippen molar-refractivity contribution in [2.75, 3.05) is 18.2 Å². The molecule has 1 aromatic heterocycles. The van der Waals surface area contributed by atoms with Gasteiger partial charge < -0.3 is 15.8 Å². The molecule has 106 valence electrons. The molecule has 6 nitrogen and oxygen atoms in total. The number of para-hydroxylation sites is 2. The van der Waals surface area contributed by atoms with E-state index < -0.39 is 0 Å². The molecule has 3 N–H and O–H groups in total. The van der Waals surface area contributed by atoms with E-state index in [0.29, 0.717) is 20.9 Å². The second-order valence-corrected chi connectivity index (χ2v) is 6.45. The number of rotatable bonds is 5. The largest absolute Gasteiger partial charge is 0.495 e. The van der Waals surface area contributed by atoms with Gasteiger partial charge in [0.15, 0.2) is 4.34 Å². The maximum absolute atomic E-state index is 12.1. The second kappa shape index (κ2) is 6.58. The lowest BCUT2D eigenvalue weighted by molar-refractivity contribution is -0.115. The van der Waals surface area contributed by atoms with Crippen LogP contribution < -0.4 is 15.8 Å². The van der Waals surface area contributed by atoms with Gasteiger partial charge in [0, 0.05) is 0 Å². The van der Waals surface area contributed by atoms with E-state index in [4.69, 9.17) is 10.5 Å². The van der Waals surface area contributed by atoms with E-state index in [1.165, 1.54) is 23.1 Å². The Morgan fingerprint density at radius 3 is 2.85 bits per heavy atom. The number of nitrogens with one attached hydrogen (secondary N) is 1. The molecular weight excluding hydrogens is 296 g/mol. The molecule has 1 amide bonds. The van der Waals surface area contributed by atoms with E-state index in [2.05, 4.69) is 15.5 Å². The number of thioether (sulfide) groups is 1. The number of anilines is 2. The predicted octanol–water partition coefficient (Wildman–Crippen LogP) is 2.25. The molecule has 2 rings (SSSR count). The maximum atomic E-state index is 12.1. The quantitative estimate of drug-likeness (QED) is 0.823. The number of hydrogen-bond acceptors (Lipinski definition) is 7. The fraction of sp³-hybridized carbons (Fsp3) is 0.250. The number of carbonyl (C=O) groups is 1. The summed E-state index contributed by atoms with van der Waals surface area (Å²) < 4.78 is 5.86. The summed E-state index contributed by atoms with van der Waals surface area (Å²) in [5.74, 6) is 0.492. The highest BCUT2D eigenvalue weighted by Crippen LogP contribution is 2.29. The first-order valence-electron chi connectivity index (χ1n) is 5.79. The molecule has 0 aliphatic carbocycles. The van der Waals surface area contributed by atoms with Crippen LogP contribution in [0, 0.1) is 0 Å². The van der Waals surface area contributed by atoms with Crippen LogP contribution in [0.25, 0.3) is 0 Å². The van der Waals surface area contributed by atoms with Crippen molar-refractivity contribution in [3.63, 3.8) is 0 Å². The Labute approximate surface area is 124 Å². The van der Waals surface area contributed by atoms with Crippen LogP contribution in [0.1, 0.15) is 6.92 Å². The Hall–Kier alpha value is -1.80. The minimum atomic E-state index is -0.313. The minimum Gasteiger partial charge on any atom is -0.495 e. The summed E-state index contributed by atoms with van der Waals surface area (Å²) in [6.07, 6.45) is 0. The van der Waals surface area contributed by atoms with Crippen molar-refractivity contribution in [2.45, 2.75) is 16.5 Å². The highest BCUT2D eigenvalue weighted by atomic mass is 32.2. The molecule has 8 heteroatoms. The summed E-state index contributed by atoms with van der Waals surface area (Å²) in [5, 5.41) is 10.5. The summed E-state index contributed by atoms with van der Waals surface area (Å²) in [5.41, 5.74) is 6.15. The van der Waals surface area contributed by atoms with Crippen molar-refractivity contribution >= 4 is 39.8 Å². The lowest BCUT2D eigenvalue weighted by Gasteiger charge is -2.12. The fourth-order valence-corrected chi connectivity index (χ4v) is 3.24. The Morgan fingerprint density at radius 1 is 1.45 bits per heavy atom. The van der Waals surface area contributed by atoms with Crippen molar-refractivity contribution in [3.8, 4) is 5.75 Å². The number of benzene rings is 1. The normalized spacial score (nSPS) is 11.9. The first-order valence-corrected chi connectivity index (χ1v) is 7.49. The van der Waals surface area contributed by atoms with Crippen molar-refractivity contribution < 1.29 is 9.53 Å². The number of ether oxygens (including phenoxy) is 1. The third-order valence-electron chi connectivity index (χ3n) is 2.43. The van der Waals surface area contributed by atoms with E-state index >= 15 is 0 Å². The van der Waals surface area contributed by atoms with Crippen molar-refractivity contribution in [1.29, 1.82) is 0 Å². The number of hydrogen-bond donors (Lipinski definition) is 2. The van der Waals surface area contributed by atoms with Crippen LogP contribution in [0.5, 0.6) is 5.75 Å². The third kappa shape index (κ3) is 3.61. The number of carbonyl (C=O) groups excluding carboxylic acids is 1. The average Bonchev–Trinajstić information content (AvgIpc) is 2.84. The molecule has 1 atom stereocenters. The standard InChI is InChI=1S/C12H14N4O2S2/c1-7(19-12-16-15-11(13)20-12)10(17)14-8-5-3-4-6-9(8)18-2/h3-7H,1-2H3,(H2,13,15)(H,14,17)/t7-/m1/s1. The second-order valence-electron chi connectivity index (χ2n) is 3.86. The zero-order valence-corrected chi connectivity index (χ0v) is 12.6. The summed E-state index contributed by atoms with van der Waals surface area (Å²) in [7, 11) is 1.56. The lowest BCUT2D eigenvalue weighted by atomic mass is 10.3. The van der Waals surface area contributed by atoms with Crippen LogP contribution in [-0.2, 0) is 4.79 Å². The van der Waals surface area contributed by atoms with E-state index in [0.717, 1.165) is 0 Å². The van der Waals surface area contributed by atoms with Gasteiger partial charge in [-0.2, -0.15) is 0 Å². The van der Waals surface area contributed by atoms with Gasteiger partial charge >= 0.3 is 0 Å². The van der Waals surface area contributed by atoms with Crippen LogP contribution in [0.3, 0.4) is 0 Å². The molecule has 0 radical (unpaired) electrons. The Balaban J connectivity index is 2.00. The molecule has 0 unspecified atom stereocenters. The molecule has 1 aromatic carbocycles. The number of amides is 1. The van der Waals surface area contributed by atoms with Gasteiger partial charge in [-0.15, -0.1) is 10.2 Å². The number of nitrogens with two attached hydrogens (primary N) is 1. The Kier molecular flexibility index (Phi) is 4.80. The molecule has 0 saturated carbocycles. The van der Waals surface area contributed by atoms with Gasteiger partial charge in [0.2, 0.25) is 11.0 Å². The topological polar surface area (TPSA) is 90.1 Å². The van der Waals surface area contributed by atoms with E-state index in [1.54, 1.807) is 26.2 Å². The number of nitrogens with zero attached hydrogens (tertiary/aromatic N) is 2. The molecular formula is C12H14N4O2S2. The molecule has 20 heavy (non-hydrogen) atoms. The van der Waals surface area contributed by atoms with Gasteiger partial charge in [0.1, 0.15) is 5.75 Å². The van der Waals surface area contributed by atoms with Crippen LogP contribution in [0.15, 0.2) is 28.6 Å². The predicted molar refractivity (Wildman–Crippen MR) is 81.3 cm³/mol. The molecule has 0 aliphatic heterocycles. The summed E-state index contributed by atoms with van der Waals surface area (Å²) >= 11 is 2.58. The van der Waals surface area contributed by atoms with Crippen molar-refractivity contribution in [2.24, 2.45) is 0 Å². The zero-order valence-electron chi connectivity index (χ0n) is 11.0. The zero-order chi connectivity index (χ0) is 14.5. The van der Waals surface area contributed by atoms with Gasteiger partial charge in [-0.1, -0.05) is 35.2 Å². The van der Waals surface area contributed by atoms with Crippen LogP contribution in [-0.4, -0.2) is 28.5 Å². The van der Waals surface area contributed by atoms with Gasteiger partial charge in [-0.3, -0.25) is 4.79 Å². The van der Waals surface area contributed by atoms with E-state index in [1.807, 2.05) is 12.1 Å². The van der Waals surface area contributed by atoms with Crippen molar-refractivity contribution in [1.82, 2.24) is 10.2 Å². The van der Waals surface area contributed by atoms with Crippen LogP contribution in [0.2, 0.25) is 0 Å². The first-order chi connectivity index (χ1) is 9.60. The summed E-state index contributed by atoms with van der Waals surface area (Å²) in [6, 6.07) is 7.26. The maximum Gasteiger partial charge on any atom is 0.237 e. The van der Waals surface area contributed by atoms with Crippen molar-refractivity contribution in [3.05, 3.63) is 24.3 Å². The average molecular weight is 310 g/mol. The molecule has 0 aliphatic rings. The minimum absolute atomic E-state index is 0.131. The van der Waals surface area contributed by atoms with E-state index in [9.17, 15) is 4.79 Å². The van der Waals surface area contributed by atoms with E-state index in [-0.39, 0.29) is 11.2 Å². The Bertz CT molecular complexity index is 603. The first kappa shape index (κ1) is 14.6. The van der Waals surface area contributed by atoms with Gasteiger partial charge in [0.25, 0.3) is 0 Å². The molecule has 0 fully saturated rings. The molecule has 2 aromatic rings. The van der Waals surface area contributed by atoms with Gasteiger partial charge in [0.05, 0.1) is 18.0 Å². The molecule has 0 spiro atoms. The smallest absolute Gasteiger partial charge is 0.237 e. The van der Waals surface area contributed by atoms with Crippen LogP contribution >= 0.6 is 23.1 Å². The monoisotopic (exact) mass is 310 g/mol. The Morgan fingerprint density at radius 2 is 2.20 bits per heavy atom. The number of aromatic nitrogens is 2. The molecule has 0 bridgehead atoms. The SMILES string of the molecule is COc1ccccc1NC(=O)[C@@H](C)Sc1nnc(N)s1. The lowest BCUT2D eigenvalue weighted by Crippen LogP contribution is -2.22.